The predicted molar refractivity (Wildman–Crippen MR) is 77.8 cm³/mol. The Bertz CT molecular complexity index is 578. The van der Waals surface area contributed by atoms with Gasteiger partial charge in [-0.25, -0.2) is 4.98 Å². The van der Waals surface area contributed by atoms with Crippen molar-refractivity contribution in [2.75, 3.05) is 6.54 Å². The number of carbonyl (C=O) groups excluding carboxylic acids is 1. The summed E-state index contributed by atoms with van der Waals surface area (Å²) in [6.07, 6.45) is 7.01. The molecule has 2 aromatic rings. The van der Waals surface area contributed by atoms with Gasteiger partial charge in [0.2, 0.25) is 0 Å². The van der Waals surface area contributed by atoms with Crippen molar-refractivity contribution in [1.29, 1.82) is 0 Å². The molecule has 6 heteroatoms. The molecule has 3 rings (SSSR count). The van der Waals surface area contributed by atoms with Crippen LogP contribution >= 0.6 is 11.3 Å². The summed E-state index contributed by atoms with van der Waals surface area (Å²) in [6.45, 7) is 3.52. The minimum atomic E-state index is 0.0613. The minimum Gasteiger partial charge on any atom is -0.332 e. The second kappa shape index (κ2) is 5.75. The third-order valence-corrected chi connectivity index (χ3v) is 4.46. The van der Waals surface area contributed by atoms with Crippen LogP contribution in [0.1, 0.15) is 34.8 Å². The third-order valence-electron chi connectivity index (χ3n) is 3.68. The van der Waals surface area contributed by atoms with E-state index in [1.54, 1.807) is 6.20 Å². The van der Waals surface area contributed by atoms with Crippen LogP contribution in [0.2, 0.25) is 0 Å². The predicted octanol–water partition coefficient (Wildman–Crippen LogP) is 2.34. The zero-order valence-electron chi connectivity index (χ0n) is 11.5. The maximum Gasteiger partial charge on any atom is 0.273 e. The van der Waals surface area contributed by atoms with Gasteiger partial charge in [-0.15, -0.1) is 11.3 Å². The molecule has 20 heavy (non-hydrogen) atoms. The molecular formula is C14H18N4OS. The topological polar surface area (TPSA) is 51.0 Å². The zero-order valence-corrected chi connectivity index (χ0v) is 12.3. The normalized spacial score (nSPS) is 19.2. The summed E-state index contributed by atoms with van der Waals surface area (Å²) in [5, 5.41) is 7.04. The summed E-state index contributed by atoms with van der Waals surface area (Å²) in [7, 11) is 0. The average Bonchev–Trinajstić information content (AvgIpc) is 3.10. The van der Waals surface area contributed by atoms with Crippen LogP contribution in [0.15, 0.2) is 23.8 Å². The number of thiazole rings is 1. The lowest BCUT2D eigenvalue weighted by Crippen LogP contribution is -2.46. The fourth-order valence-corrected chi connectivity index (χ4v) is 3.28. The molecule has 0 saturated carbocycles. The van der Waals surface area contributed by atoms with Crippen LogP contribution in [0.25, 0.3) is 0 Å². The van der Waals surface area contributed by atoms with Gasteiger partial charge in [-0.1, -0.05) is 0 Å². The lowest BCUT2D eigenvalue weighted by Gasteiger charge is -2.35. The van der Waals surface area contributed by atoms with Crippen molar-refractivity contribution in [2.45, 2.75) is 38.8 Å². The van der Waals surface area contributed by atoms with E-state index in [4.69, 9.17) is 0 Å². The Balaban J connectivity index is 1.76. The SMILES string of the molecule is Cc1nc(C(=O)N2CCCCC2Cn2cccn2)cs1. The van der Waals surface area contributed by atoms with E-state index in [-0.39, 0.29) is 11.9 Å². The van der Waals surface area contributed by atoms with Crippen LogP contribution < -0.4 is 0 Å². The van der Waals surface area contributed by atoms with E-state index in [0.717, 1.165) is 30.9 Å². The summed E-state index contributed by atoms with van der Waals surface area (Å²) >= 11 is 1.53. The minimum absolute atomic E-state index is 0.0613. The number of carbonyl (C=O) groups is 1. The smallest absolute Gasteiger partial charge is 0.273 e. The van der Waals surface area contributed by atoms with Gasteiger partial charge in [0.15, 0.2) is 0 Å². The highest BCUT2D eigenvalue weighted by molar-refractivity contribution is 7.09. The Hall–Kier alpha value is -1.69. The Kier molecular flexibility index (Phi) is 3.82. The molecule has 1 atom stereocenters. The fourth-order valence-electron chi connectivity index (χ4n) is 2.69. The Labute approximate surface area is 122 Å². The summed E-state index contributed by atoms with van der Waals surface area (Å²) in [6, 6.07) is 2.14. The van der Waals surface area contributed by atoms with Crippen molar-refractivity contribution in [3.8, 4) is 0 Å². The molecule has 1 aliphatic rings. The van der Waals surface area contributed by atoms with E-state index in [2.05, 4.69) is 10.1 Å². The standard InChI is InChI=1S/C14H18N4OS/c1-11-16-13(10-20-11)14(19)18-8-3-2-5-12(18)9-17-7-4-6-15-17/h4,6-7,10,12H,2-3,5,8-9H2,1H3. The van der Waals surface area contributed by atoms with E-state index < -0.39 is 0 Å². The monoisotopic (exact) mass is 290 g/mol. The van der Waals surface area contributed by atoms with Crippen molar-refractivity contribution < 1.29 is 4.79 Å². The van der Waals surface area contributed by atoms with Gasteiger partial charge in [0.05, 0.1) is 17.6 Å². The highest BCUT2D eigenvalue weighted by Crippen LogP contribution is 2.21. The molecule has 3 heterocycles. The number of likely N-dealkylation sites (tertiary alicyclic amines) is 1. The van der Waals surface area contributed by atoms with E-state index >= 15 is 0 Å². The second-order valence-electron chi connectivity index (χ2n) is 5.13. The molecule has 1 unspecified atom stereocenters. The highest BCUT2D eigenvalue weighted by atomic mass is 32.1. The van der Waals surface area contributed by atoms with Crippen molar-refractivity contribution in [3.05, 3.63) is 34.5 Å². The molecule has 0 radical (unpaired) electrons. The summed E-state index contributed by atoms with van der Waals surface area (Å²) < 4.78 is 1.91. The van der Waals surface area contributed by atoms with Crippen LogP contribution in [0.4, 0.5) is 0 Å². The molecular weight excluding hydrogens is 272 g/mol. The van der Waals surface area contributed by atoms with Gasteiger partial charge in [0.1, 0.15) is 5.69 Å². The van der Waals surface area contributed by atoms with Crippen molar-refractivity contribution >= 4 is 17.2 Å². The van der Waals surface area contributed by atoms with Gasteiger partial charge >= 0.3 is 0 Å². The quantitative estimate of drug-likeness (QED) is 0.872. The van der Waals surface area contributed by atoms with E-state index in [9.17, 15) is 4.79 Å². The molecule has 1 aliphatic heterocycles. The van der Waals surface area contributed by atoms with Crippen LogP contribution in [-0.4, -0.2) is 38.2 Å². The number of piperidine rings is 1. The molecule has 106 valence electrons. The molecule has 2 aromatic heterocycles. The zero-order chi connectivity index (χ0) is 13.9. The molecule has 1 amide bonds. The maximum absolute atomic E-state index is 12.6. The number of aromatic nitrogens is 3. The first-order valence-electron chi connectivity index (χ1n) is 6.94. The number of amides is 1. The molecule has 5 nitrogen and oxygen atoms in total. The summed E-state index contributed by atoms with van der Waals surface area (Å²) in [4.78, 5) is 18.9. The van der Waals surface area contributed by atoms with Crippen LogP contribution in [-0.2, 0) is 6.54 Å². The molecule has 0 spiro atoms. The molecule has 1 fully saturated rings. The number of nitrogens with zero attached hydrogens (tertiary/aromatic N) is 4. The van der Waals surface area contributed by atoms with Crippen LogP contribution in [0.3, 0.4) is 0 Å². The number of aryl methyl sites for hydroxylation is 1. The lowest BCUT2D eigenvalue weighted by molar-refractivity contribution is 0.0578. The second-order valence-corrected chi connectivity index (χ2v) is 6.19. The van der Waals surface area contributed by atoms with E-state index in [1.807, 2.05) is 34.1 Å². The van der Waals surface area contributed by atoms with Gasteiger partial charge in [-0.2, -0.15) is 5.10 Å². The summed E-state index contributed by atoms with van der Waals surface area (Å²) in [5.74, 6) is 0.0613. The van der Waals surface area contributed by atoms with Gasteiger partial charge in [0, 0.05) is 24.3 Å². The van der Waals surface area contributed by atoms with Crippen molar-refractivity contribution in [1.82, 2.24) is 19.7 Å². The van der Waals surface area contributed by atoms with Gasteiger partial charge < -0.3 is 4.90 Å². The molecule has 0 bridgehead atoms. The maximum atomic E-state index is 12.6. The Morgan fingerprint density at radius 2 is 2.40 bits per heavy atom. The van der Waals surface area contributed by atoms with Crippen LogP contribution in [0.5, 0.6) is 0 Å². The average molecular weight is 290 g/mol. The molecule has 0 aliphatic carbocycles. The van der Waals surface area contributed by atoms with E-state index in [0.29, 0.717) is 5.69 Å². The molecule has 0 aromatic carbocycles. The number of hydrogen-bond acceptors (Lipinski definition) is 4. The van der Waals surface area contributed by atoms with Gasteiger partial charge in [-0.3, -0.25) is 9.48 Å². The number of rotatable bonds is 3. The Morgan fingerprint density at radius 1 is 1.50 bits per heavy atom. The van der Waals surface area contributed by atoms with Crippen LogP contribution in [0, 0.1) is 6.92 Å². The van der Waals surface area contributed by atoms with Gasteiger partial charge in [-0.05, 0) is 32.3 Å². The first-order valence-corrected chi connectivity index (χ1v) is 7.82. The highest BCUT2D eigenvalue weighted by Gasteiger charge is 2.28. The lowest BCUT2D eigenvalue weighted by atomic mass is 10.0. The van der Waals surface area contributed by atoms with Crippen molar-refractivity contribution in [3.63, 3.8) is 0 Å². The fraction of sp³-hybridized carbons (Fsp3) is 0.500. The molecule has 1 saturated heterocycles. The first kappa shape index (κ1) is 13.3. The Morgan fingerprint density at radius 3 is 3.10 bits per heavy atom. The van der Waals surface area contributed by atoms with Gasteiger partial charge in [0.25, 0.3) is 5.91 Å². The van der Waals surface area contributed by atoms with Crippen molar-refractivity contribution in [2.24, 2.45) is 0 Å². The number of hydrogen-bond donors (Lipinski definition) is 0. The third kappa shape index (κ3) is 2.75. The van der Waals surface area contributed by atoms with E-state index in [1.165, 1.54) is 17.8 Å². The first-order chi connectivity index (χ1) is 9.74. The molecule has 0 N–H and O–H groups in total. The largest absolute Gasteiger partial charge is 0.332 e. The summed E-state index contributed by atoms with van der Waals surface area (Å²) in [5.41, 5.74) is 0.583.